The van der Waals surface area contributed by atoms with Crippen molar-refractivity contribution in [2.24, 2.45) is 7.05 Å². The van der Waals surface area contributed by atoms with Gasteiger partial charge in [-0.1, -0.05) is 0 Å². The molecule has 3 rings (SSSR count). The van der Waals surface area contributed by atoms with Crippen molar-refractivity contribution in [3.63, 3.8) is 0 Å². The van der Waals surface area contributed by atoms with Gasteiger partial charge in [0.05, 0.1) is 17.6 Å². The molecule has 1 atom stereocenters. The fourth-order valence-electron chi connectivity index (χ4n) is 2.71. The topological polar surface area (TPSA) is 79.3 Å². The van der Waals surface area contributed by atoms with Gasteiger partial charge in [-0.15, -0.1) is 0 Å². The van der Waals surface area contributed by atoms with E-state index < -0.39 is 23.4 Å². The van der Waals surface area contributed by atoms with Crippen molar-refractivity contribution in [1.29, 1.82) is 0 Å². The third kappa shape index (κ3) is 3.93. The molecule has 9 heteroatoms. The molecule has 2 aromatic rings. The molecule has 1 saturated heterocycles. The summed E-state index contributed by atoms with van der Waals surface area (Å²) in [6, 6.07) is 2.42. The van der Waals surface area contributed by atoms with Crippen LogP contribution in [0.25, 0.3) is 0 Å². The Morgan fingerprint density at radius 3 is 2.80 bits per heavy atom. The van der Waals surface area contributed by atoms with E-state index >= 15 is 0 Å². The molecule has 1 aromatic heterocycles. The molecule has 0 unspecified atom stereocenters. The van der Waals surface area contributed by atoms with Crippen molar-refractivity contribution in [2.45, 2.75) is 12.5 Å². The number of amides is 2. The van der Waals surface area contributed by atoms with Gasteiger partial charge in [0.1, 0.15) is 11.6 Å². The van der Waals surface area contributed by atoms with Crippen LogP contribution < -0.4 is 15.5 Å². The number of carbonyl (C=O) groups is 2. The minimum absolute atomic E-state index is 0.212. The summed E-state index contributed by atoms with van der Waals surface area (Å²) in [6.07, 6.45) is 4.26. The van der Waals surface area contributed by atoms with E-state index in [0.29, 0.717) is 13.0 Å². The van der Waals surface area contributed by atoms with Gasteiger partial charge in [0, 0.05) is 38.4 Å². The Morgan fingerprint density at radius 1 is 1.28 bits per heavy atom. The van der Waals surface area contributed by atoms with Crippen LogP contribution in [0.2, 0.25) is 0 Å². The number of aryl methyl sites for hydroxylation is 1. The van der Waals surface area contributed by atoms with Crippen molar-refractivity contribution in [1.82, 2.24) is 15.1 Å². The quantitative estimate of drug-likeness (QED) is 0.812. The Labute approximate surface area is 142 Å². The van der Waals surface area contributed by atoms with Crippen molar-refractivity contribution in [2.75, 3.05) is 23.3 Å². The molecule has 1 fully saturated rings. The number of carbonyl (C=O) groups excluding carboxylic acids is 2. The van der Waals surface area contributed by atoms with Crippen LogP contribution in [-0.4, -0.2) is 40.7 Å². The third-order valence-electron chi connectivity index (χ3n) is 3.96. The van der Waals surface area contributed by atoms with E-state index in [1.807, 2.05) is 18.1 Å². The monoisotopic (exact) mass is 349 g/mol. The summed E-state index contributed by atoms with van der Waals surface area (Å²) < 4.78 is 28.3. The predicted molar refractivity (Wildman–Crippen MR) is 87.0 cm³/mol. The SMILES string of the molecule is Cn1cc(N2CC[C@@H](NC(=O)C(=O)Nc3cc(F)ccc3F)C2)cn1. The molecule has 25 heavy (non-hydrogen) atoms. The first-order valence-corrected chi connectivity index (χ1v) is 7.73. The second-order valence-corrected chi connectivity index (χ2v) is 5.86. The van der Waals surface area contributed by atoms with Crippen molar-refractivity contribution in [3.05, 3.63) is 42.2 Å². The Kier molecular flexibility index (Phi) is 4.64. The average molecular weight is 349 g/mol. The number of nitrogens with zero attached hydrogens (tertiary/aromatic N) is 3. The maximum atomic E-state index is 13.5. The summed E-state index contributed by atoms with van der Waals surface area (Å²) in [4.78, 5) is 25.9. The molecule has 2 N–H and O–H groups in total. The molecular formula is C16H17F2N5O2. The predicted octanol–water partition coefficient (Wildman–Crippen LogP) is 1.03. The number of nitrogens with one attached hydrogen (secondary N) is 2. The van der Waals surface area contributed by atoms with Gasteiger partial charge in [0.2, 0.25) is 0 Å². The summed E-state index contributed by atoms with van der Waals surface area (Å²) in [5.74, 6) is -3.45. The van der Waals surface area contributed by atoms with E-state index in [4.69, 9.17) is 0 Å². The highest BCUT2D eigenvalue weighted by Gasteiger charge is 2.27. The Balaban J connectivity index is 1.55. The fraction of sp³-hybridized carbons (Fsp3) is 0.312. The number of rotatable bonds is 3. The van der Waals surface area contributed by atoms with E-state index in [9.17, 15) is 18.4 Å². The maximum Gasteiger partial charge on any atom is 0.313 e. The van der Waals surface area contributed by atoms with Crippen LogP contribution in [0.5, 0.6) is 0 Å². The molecule has 0 spiro atoms. The second-order valence-electron chi connectivity index (χ2n) is 5.86. The van der Waals surface area contributed by atoms with Crippen molar-refractivity contribution in [3.8, 4) is 0 Å². The lowest BCUT2D eigenvalue weighted by Crippen LogP contribution is -2.43. The van der Waals surface area contributed by atoms with Gasteiger partial charge in [0.25, 0.3) is 0 Å². The molecule has 0 radical (unpaired) electrons. The molecule has 0 aliphatic carbocycles. The van der Waals surface area contributed by atoms with Gasteiger partial charge in [-0.25, -0.2) is 8.78 Å². The van der Waals surface area contributed by atoms with Crippen LogP contribution in [0.4, 0.5) is 20.2 Å². The summed E-state index contributed by atoms with van der Waals surface area (Å²) in [7, 11) is 1.81. The normalized spacial score (nSPS) is 16.8. The van der Waals surface area contributed by atoms with E-state index in [-0.39, 0.29) is 11.7 Å². The maximum absolute atomic E-state index is 13.5. The summed E-state index contributed by atoms with van der Waals surface area (Å²) in [6.45, 7) is 1.26. The van der Waals surface area contributed by atoms with Crippen LogP contribution in [0.3, 0.4) is 0 Å². The summed E-state index contributed by atoms with van der Waals surface area (Å²) in [5, 5.41) is 8.78. The third-order valence-corrected chi connectivity index (χ3v) is 3.96. The smallest absolute Gasteiger partial charge is 0.313 e. The van der Waals surface area contributed by atoms with E-state index in [1.54, 1.807) is 10.9 Å². The van der Waals surface area contributed by atoms with Gasteiger partial charge in [-0.3, -0.25) is 14.3 Å². The molecule has 132 valence electrons. The van der Waals surface area contributed by atoms with Crippen LogP contribution in [-0.2, 0) is 16.6 Å². The van der Waals surface area contributed by atoms with E-state index in [1.165, 1.54) is 0 Å². The number of anilines is 2. The summed E-state index contributed by atoms with van der Waals surface area (Å²) in [5.41, 5.74) is 0.564. The lowest BCUT2D eigenvalue weighted by atomic mass is 10.2. The Morgan fingerprint density at radius 2 is 2.08 bits per heavy atom. The molecule has 0 saturated carbocycles. The lowest BCUT2D eigenvalue weighted by molar-refractivity contribution is -0.136. The number of hydrogen-bond acceptors (Lipinski definition) is 4. The fourth-order valence-corrected chi connectivity index (χ4v) is 2.71. The van der Waals surface area contributed by atoms with E-state index in [0.717, 1.165) is 30.4 Å². The van der Waals surface area contributed by atoms with Crippen LogP contribution in [0.15, 0.2) is 30.6 Å². The minimum Gasteiger partial charge on any atom is -0.367 e. The average Bonchev–Trinajstić information content (AvgIpc) is 3.19. The Bertz CT molecular complexity index is 808. The zero-order valence-corrected chi connectivity index (χ0v) is 13.5. The van der Waals surface area contributed by atoms with Crippen LogP contribution in [0, 0.1) is 11.6 Å². The minimum atomic E-state index is -1.04. The van der Waals surface area contributed by atoms with Crippen molar-refractivity contribution < 1.29 is 18.4 Å². The number of aromatic nitrogens is 2. The largest absolute Gasteiger partial charge is 0.367 e. The highest BCUT2D eigenvalue weighted by atomic mass is 19.1. The standard InChI is InChI=1S/C16H17F2N5O2/c1-22-9-12(7-19-22)23-5-4-11(8-23)20-15(24)16(25)21-14-6-10(17)2-3-13(14)18/h2-3,6-7,9,11H,4-5,8H2,1H3,(H,20,24)(H,21,25)/t11-/m1/s1. The first-order chi connectivity index (χ1) is 11.9. The first-order valence-electron chi connectivity index (χ1n) is 7.73. The second kappa shape index (κ2) is 6.88. The molecule has 7 nitrogen and oxygen atoms in total. The number of halogens is 2. The molecule has 1 aromatic carbocycles. The van der Waals surface area contributed by atoms with Gasteiger partial charge in [-0.05, 0) is 18.6 Å². The lowest BCUT2D eigenvalue weighted by Gasteiger charge is -2.16. The van der Waals surface area contributed by atoms with Crippen LogP contribution >= 0.6 is 0 Å². The van der Waals surface area contributed by atoms with Crippen LogP contribution in [0.1, 0.15) is 6.42 Å². The molecular weight excluding hydrogens is 332 g/mol. The summed E-state index contributed by atoms with van der Waals surface area (Å²) >= 11 is 0. The highest BCUT2D eigenvalue weighted by molar-refractivity contribution is 6.39. The molecule has 2 amide bonds. The van der Waals surface area contributed by atoms with Gasteiger partial charge >= 0.3 is 11.8 Å². The zero-order chi connectivity index (χ0) is 18.0. The molecule has 1 aliphatic rings. The first kappa shape index (κ1) is 16.9. The van der Waals surface area contributed by atoms with Gasteiger partial charge in [-0.2, -0.15) is 5.10 Å². The zero-order valence-electron chi connectivity index (χ0n) is 13.5. The highest BCUT2D eigenvalue weighted by Crippen LogP contribution is 2.19. The number of hydrogen-bond donors (Lipinski definition) is 2. The molecule has 2 heterocycles. The number of benzene rings is 1. The molecule has 0 bridgehead atoms. The molecule has 1 aliphatic heterocycles. The van der Waals surface area contributed by atoms with Crippen molar-refractivity contribution >= 4 is 23.2 Å². The van der Waals surface area contributed by atoms with Gasteiger partial charge in [0.15, 0.2) is 0 Å². The Hall–Kier alpha value is -2.97. The van der Waals surface area contributed by atoms with E-state index in [2.05, 4.69) is 15.7 Å². The van der Waals surface area contributed by atoms with Gasteiger partial charge < -0.3 is 15.5 Å².